The summed E-state index contributed by atoms with van der Waals surface area (Å²) in [5.74, 6) is 0.138. The standard InChI is InChI=1S/C12H17N3O/c1-14-6-7-15(2)12(16)11(14)9-4-3-5-10(13)8-9/h3-5,8,11H,6-7,13H2,1-2H3. The van der Waals surface area contributed by atoms with Crippen LogP contribution in [0.25, 0.3) is 0 Å². The molecule has 1 aromatic rings. The summed E-state index contributed by atoms with van der Waals surface area (Å²) in [6, 6.07) is 7.36. The van der Waals surface area contributed by atoms with Gasteiger partial charge >= 0.3 is 0 Å². The van der Waals surface area contributed by atoms with Gasteiger partial charge in [-0.15, -0.1) is 0 Å². The molecule has 16 heavy (non-hydrogen) atoms. The summed E-state index contributed by atoms with van der Waals surface area (Å²) in [7, 11) is 3.81. The number of amides is 1. The molecule has 1 heterocycles. The number of nitrogen functional groups attached to an aromatic ring is 1. The van der Waals surface area contributed by atoms with Gasteiger partial charge in [0.05, 0.1) is 0 Å². The van der Waals surface area contributed by atoms with Gasteiger partial charge in [0.25, 0.3) is 0 Å². The lowest BCUT2D eigenvalue weighted by Gasteiger charge is -2.37. The molecule has 0 saturated carbocycles. The molecule has 1 atom stereocenters. The van der Waals surface area contributed by atoms with Crippen molar-refractivity contribution in [1.29, 1.82) is 0 Å². The van der Waals surface area contributed by atoms with Crippen molar-refractivity contribution in [2.24, 2.45) is 0 Å². The van der Waals surface area contributed by atoms with E-state index in [1.54, 1.807) is 4.90 Å². The highest BCUT2D eigenvalue weighted by molar-refractivity contribution is 5.84. The smallest absolute Gasteiger partial charge is 0.244 e. The Balaban J connectivity index is 2.33. The molecular formula is C12H17N3O. The van der Waals surface area contributed by atoms with Crippen LogP contribution in [0.15, 0.2) is 24.3 Å². The van der Waals surface area contributed by atoms with E-state index < -0.39 is 0 Å². The first-order valence-electron chi connectivity index (χ1n) is 5.40. The highest BCUT2D eigenvalue weighted by atomic mass is 16.2. The van der Waals surface area contributed by atoms with Crippen molar-refractivity contribution in [1.82, 2.24) is 9.80 Å². The largest absolute Gasteiger partial charge is 0.399 e. The van der Waals surface area contributed by atoms with E-state index in [-0.39, 0.29) is 11.9 Å². The summed E-state index contributed by atoms with van der Waals surface area (Å²) in [6.07, 6.45) is 0. The number of hydrogen-bond donors (Lipinski definition) is 1. The van der Waals surface area contributed by atoms with E-state index in [2.05, 4.69) is 4.90 Å². The zero-order chi connectivity index (χ0) is 11.7. The van der Waals surface area contributed by atoms with Crippen LogP contribution in [-0.2, 0) is 4.79 Å². The molecule has 0 aliphatic carbocycles. The number of carbonyl (C=O) groups excluding carboxylic acids is 1. The number of nitrogens with two attached hydrogens (primary N) is 1. The van der Waals surface area contributed by atoms with Crippen molar-refractivity contribution in [3.8, 4) is 0 Å². The third-order valence-corrected chi connectivity index (χ3v) is 3.07. The third-order valence-electron chi connectivity index (χ3n) is 3.07. The fourth-order valence-electron chi connectivity index (χ4n) is 2.07. The summed E-state index contributed by atoms with van der Waals surface area (Å²) in [5, 5.41) is 0. The second-order valence-electron chi connectivity index (χ2n) is 4.31. The lowest BCUT2D eigenvalue weighted by atomic mass is 10.0. The molecule has 0 spiro atoms. The van der Waals surface area contributed by atoms with E-state index in [0.717, 1.165) is 18.7 Å². The highest BCUT2D eigenvalue weighted by Crippen LogP contribution is 2.25. The first-order valence-corrected chi connectivity index (χ1v) is 5.40. The lowest BCUT2D eigenvalue weighted by Crippen LogP contribution is -2.48. The monoisotopic (exact) mass is 219 g/mol. The Labute approximate surface area is 95.6 Å². The Bertz CT molecular complexity index is 405. The van der Waals surface area contributed by atoms with Crippen molar-refractivity contribution in [2.75, 3.05) is 32.9 Å². The van der Waals surface area contributed by atoms with Gasteiger partial charge in [-0.25, -0.2) is 0 Å². The Hall–Kier alpha value is -1.55. The van der Waals surface area contributed by atoms with Gasteiger partial charge in [-0.05, 0) is 24.7 Å². The number of anilines is 1. The zero-order valence-corrected chi connectivity index (χ0v) is 9.68. The second-order valence-corrected chi connectivity index (χ2v) is 4.31. The topological polar surface area (TPSA) is 49.6 Å². The normalized spacial score (nSPS) is 22.5. The molecule has 1 aliphatic rings. The van der Waals surface area contributed by atoms with Crippen LogP contribution in [0, 0.1) is 0 Å². The summed E-state index contributed by atoms with van der Waals surface area (Å²) in [4.78, 5) is 15.9. The molecule has 1 unspecified atom stereocenters. The SMILES string of the molecule is CN1CCN(C)C(c2cccc(N)c2)C1=O. The summed E-state index contributed by atoms with van der Waals surface area (Å²) >= 11 is 0. The Morgan fingerprint density at radius 2 is 2.06 bits per heavy atom. The van der Waals surface area contributed by atoms with Gasteiger partial charge in [0.15, 0.2) is 0 Å². The minimum atomic E-state index is -0.192. The van der Waals surface area contributed by atoms with Gasteiger partial charge in [0, 0.05) is 25.8 Å². The first kappa shape index (κ1) is 11.0. The number of rotatable bonds is 1. The summed E-state index contributed by atoms with van der Waals surface area (Å²) in [6.45, 7) is 1.68. The van der Waals surface area contributed by atoms with Gasteiger partial charge in [0.2, 0.25) is 5.91 Å². The van der Waals surface area contributed by atoms with Crippen molar-refractivity contribution in [2.45, 2.75) is 6.04 Å². The molecule has 86 valence electrons. The quantitative estimate of drug-likeness (QED) is 0.708. The molecule has 2 N–H and O–H groups in total. The number of nitrogens with zero attached hydrogens (tertiary/aromatic N) is 2. The zero-order valence-electron chi connectivity index (χ0n) is 9.68. The van der Waals surface area contributed by atoms with Crippen LogP contribution < -0.4 is 5.73 Å². The van der Waals surface area contributed by atoms with E-state index in [9.17, 15) is 4.79 Å². The first-order chi connectivity index (χ1) is 7.59. The Kier molecular flexibility index (Phi) is 2.83. The molecule has 4 nitrogen and oxygen atoms in total. The molecule has 0 radical (unpaired) electrons. The van der Waals surface area contributed by atoms with E-state index in [0.29, 0.717) is 5.69 Å². The maximum atomic E-state index is 12.1. The van der Waals surface area contributed by atoms with Crippen LogP contribution in [0.1, 0.15) is 11.6 Å². The number of benzene rings is 1. The molecule has 1 fully saturated rings. The van der Waals surface area contributed by atoms with E-state index in [1.807, 2.05) is 38.4 Å². The fourth-order valence-corrected chi connectivity index (χ4v) is 2.07. The summed E-state index contributed by atoms with van der Waals surface area (Å²) in [5.41, 5.74) is 7.42. The summed E-state index contributed by atoms with van der Waals surface area (Å²) < 4.78 is 0. The van der Waals surface area contributed by atoms with Gasteiger partial charge in [0.1, 0.15) is 6.04 Å². The molecule has 1 saturated heterocycles. The average Bonchev–Trinajstić information content (AvgIpc) is 2.24. The Morgan fingerprint density at radius 3 is 2.75 bits per heavy atom. The fraction of sp³-hybridized carbons (Fsp3) is 0.417. The number of carbonyl (C=O) groups is 1. The molecule has 1 amide bonds. The van der Waals surface area contributed by atoms with Gasteiger partial charge in [-0.1, -0.05) is 12.1 Å². The minimum absolute atomic E-state index is 0.138. The maximum Gasteiger partial charge on any atom is 0.244 e. The average molecular weight is 219 g/mol. The van der Waals surface area contributed by atoms with Crippen molar-refractivity contribution in [3.05, 3.63) is 29.8 Å². The molecule has 4 heteroatoms. The lowest BCUT2D eigenvalue weighted by molar-refractivity contribution is -0.139. The molecule has 1 aliphatic heterocycles. The molecule has 0 bridgehead atoms. The van der Waals surface area contributed by atoms with E-state index in [1.165, 1.54) is 0 Å². The van der Waals surface area contributed by atoms with E-state index >= 15 is 0 Å². The van der Waals surface area contributed by atoms with Crippen molar-refractivity contribution in [3.63, 3.8) is 0 Å². The van der Waals surface area contributed by atoms with Crippen molar-refractivity contribution >= 4 is 11.6 Å². The number of piperazine rings is 1. The van der Waals surface area contributed by atoms with Crippen LogP contribution in [0.5, 0.6) is 0 Å². The molecule has 2 rings (SSSR count). The van der Waals surface area contributed by atoms with Crippen LogP contribution >= 0.6 is 0 Å². The van der Waals surface area contributed by atoms with Crippen molar-refractivity contribution < 1.29 is 4.79 Å². The van der Waals surface area contributed by atoms with Gasteiger partial charge in [-0.3, -0.25) is 9.69 Å². The highest BCUT2D eigenvalue weighted by Gasteiger charge is 2.31. The molecule has 1 aromatic carbocycles. The number of hydrogen-bond acceptors (Lipinski definition) is 3. The van der Waals surface area contributed by atoms with Gasteiger partial charge in [-0.2, -0.15) is 0 Å². The third kappa shape index (κ3) is 1.88. The van der Waals surface area contributed by atoms with Crippen LogP contribution in [0.4, 0.5) is 5.69 Å². The predicted molar refractivity (Wildman–Crippen MR) is 63.9 cm³/mol. The predicted octanol–water partition coefficient (Wildman–Crippen LogP) is 0.714. The number of likely N-dealkylation sites (N-methyl/N-ethyl adjacent to an activating group) is 2. The minimum Gasteiger partial charge on any atom is -0.399 e. The molecule has 0 aromatic heterocycles. The van der Waals surface area contributed by atoms with Crippen LogP contribution in [0.3, 0.4) is 0 Å². The van der Waals surface area contributed by atoms with Crippen LogP contribution in [0.2, 0.25) is 0 Å². The second kappa shape index (κ2) is 4.14. The van der Waals surface area contributed by atoms with Gasteiger partial charge < -0.3 is 10.6 Å². The maximum absolute atomic E-state index is 12.1. The molecular weight excluding hydrogens is 202 g/mol. The Morgan fingerprint density at radius 1 is 1.31 bits per heavy atom. The van der Waals surface area contributed by atoms with Crippen LogP contribution in [-0.4, -0.2) is 42.9 Å². The van der Waals surface area contributed by atoms with E-state index in [4.69, 9.17) is 5.73 Å².